The van der Waals surface area contributed by atoms with Gasteiger partial charge in [0.1, 0.15) is 11.3 Å². The van der Waals surface area contributed by atoms with Crippen molar-refractivity contribution < 1.29 is 18.3 Å². The number of alkyl halides is 2. The van der Waals surface area contributed by atoms with E-state index in [-0.39, 0.29) is 23.0 Å². The van der Waals surface area contributed by atoms with Gasteiger partial charge in [-0.25, -0.2) is 18.3 Å². The molecule has 1 saturated heterocycles. The Morgan fingerprint density at radius 1 is 1.33 bits per heavy atom. The Kier molecular flexibility index (Phi) is 4.81. The molecule has 0 aliphatic carbocycles. The van der Waals surface area contributed by atoms with Crippen LogP contribution in [0.2, 0.25) is 0 Å². The number of rotatable bonds is 5. The Morgan fingerprint density at radius 3 is 2.85 bits per heavy atom. The molecule has 1 atom stereocenters. The Balaban J connectivity index is 1.71. The Hall–Kier alpha value is -2.87. The van der Waals surface area contributed by atoms with E-state index in [1.165, 1.54) is 12.3 Å². The number of benzene rings is 1. The third-order valence-electron chi connectivity index (χ3n) is 4.55. The molecule has 2 aromatic heterocycles. The summed E-state index contributed by atoms with van der Waals surface area (Å²) in [5.74, 6) is -0.404. The van der Waals surface area contributed by atoms with Crippen LogP contribution in [0.15, 0.2) is 42.6 Å². The van der Waals surface area contributed by atoms with Crippen LogP contribution in [0.5, 0.6) is 0 Å². The molecular formula is C19H18F2N4O2. The van der Waals surface area contributed by atoms with Crippen molar-refractivity contribution >= 4 is 11.6 Å². The van der Waals surface area contributed by atoms with Gasteiger partial charge in [0, 0.05) is 18.7 Å². The Morgan fingerprint density at radius 2 is 2.15 bits per heavy atom. The number of aromatic nitrogens is 3. The van der Waals surface area contributed by atoms with E-state index >= 15 is 0 Å². The number of amides is 1. The van der Waals surface area contributed by atoms with Crippen LogP contribution in [0.3, 0.4) is 0 Å². The van der Waals surface area contributed by atoms with Gasteiger partial charge in [0.05, 0.1) is 18.0 Å². The quantitative estimate of drug-likeness (QED) is 0.747. The molecule has 0 saturated carbocycles. The fourth-order valence-electron chi connectivity index (χ4n) is 3.17. The molecular weight excluding hydrogens is 354 g/mol. The van der Waals surface area contributed by atoms with Crippen molar-refractivity contribution in [2.75, 3.05) is 13.2 Å². The molecule has 1 aliphatic rings. The van der Waals surface area contributed by atoms with Crippen LogP contribution >= 0.6 is 0 Å². The van der Waals surface area contributed by atoms with Crippen LogP contribution in [0.1, 0.15) is 35.3 Å². The van der Waals surface area contributed by atoms with Crippen LogP contribution in [-0.4, -0.2) is 39.8 Å². The lowest BCUT2D eigenvalue weighted by Crippen LogP contribution is -2.31. The average Bonchev–Trinajstić information content (AvgIpc) is 3.35. The highest BCUT2D eigenvalue weighted by atomic mass is 19.3. The van der Waals surface area contributed by atoms with E-state index in [0.717, 1.165) is 17.4 Å². The lowest BCUT2D eigenvalue weighted by atomic mass is 10.1. The fourth-order valence-corrected chi connectivity index (χ4v) is 3.17. The molecule has 1 N–H and O–H groups in total. The van der Waals surface area contributed by atoms with Gasteiger partial charge in [-0.1, -0.05) is 30.3 Å². The molecule has 0 bridgehead atoms. The number of hydrogen-bond donors (Lipinski definition) is 1. The van der Waals surface area contributed by atoms with E-state index in [2.05, 4.69) is 15.4 Å². The van der Waals surface area contributed by atoms with Crippen molar-refractivity contribution in [3.63, 3.8) is 0 Å². The first-order valence-corrected chi connectivity index (χ1v) is 8.75. The zero-order chi connectivity index (χ0) is 18.8. The summed E-state index contributed by atoms with van der Waals surface area (Å²) in [7, 11) is 0. The van der Waals surface area contributed by atoms with Crippen LogP contribution in [0, 0.1) is 0 Å². The van der Waals surface area contributed by atoms with Crippen LogP contribution in [0.25, 0.3) is 16.9 Å². The van der Waals surface area contributed by atoms with Gasteiger partial charge in [0.25, 0.3) is 12.3 Å². The van der Waals surface area contributed by atoms with E-state index in [4.69, 9.17) is 4.74 Å². The van der Waals surface area contributed by atoms with E-state index in [1.807, 2.05) is 6.07 Å². The smallest absolute Gasteiger partial charge is 0.280 e. The fraction of sp³-hybridized carbons (Fsp3) is 0.316. The third-order valence-corrected chi connectivity index (χ3v) is 4.55. The average molecular weight is 372 g/mol. The molecule has 0 radical (unpaired) electrons. The summed E-state index contributed by atoms with van der Waals surface area (Å²) in [5.41, 5.74) is 1.02. The summed E-state index contributed by atoms with van der Waals surface area (Å²) in [4.78, 5) is 17.0. The van der Waals surface area contributed by atoms with Crippen molar-refractivity contribution in [3.05, 3.63) is 53.9 Å². The highest BCUT2D eigenvalue weighted by Crippen LogP contribution is 2.26. The summed E-state index contributed by atoms with van der Waals surface area (Å²) >= 11 is 0. The largest absolute Gasteiger partial charge is 0.376 e. The van der Waals surface area contributed by atoms with Gasteiger partial charge in [-0.2, -0.15) is 5.10 Å². The van der Waals surface area contributed by atoms with Gasteiger partial charge in [0.15, 0.2) is 5.65 Å². The molecule has 1 amide bonds. The lowest BCUT2D eigenvalue weighted by molar-refractivity contribution is 0.0859. The number of carbonyl (C=O) groups excluding carboxylic acids is 1. The van der Waals surface area contributed by atoms with Crippen molar-refractivity contribution in [1.82, 2.24) is 19.9 Å². The number of nitrogens with one attached hydrogen (secondary N) is 1. The first-order chi connectivity index (χ1) is 13.1. The highest BCUT2D eigenvalue weighted by molar-refractivity contribution is 5.99. The minimum absolute atomic E-state index is 0.0137. The number of fused-ring (bicyclic) bond motifs is 1. The summed E-state index contributed by atoms with van der Waals surface area (Å²) in [6.45, 7) is 1.06. The van der Waals surface area contributed by atoms with Gasteiger partial charge >= 0.3 is 0 Å². The first kappa shape index (κ1) is 17.5. The predicted molar refractivity (Wildman–Crippen MR) is 94.7 cm³/mol. The van der Waals surface area contributed by atoms with Crippen molar-refractivity contribution in [2.45, 2.75) is 25.4 Å². The number of nitrogens with zero attached hydrogens (tertiary/aromatic N) is 3. The van der Waals surface area contributed by atoms with Crippen LogP contribution < -0.4 is 5.32 Å². The van der Waals surface area contributed by atoms with Crippen LogP contribution in [-0.2, 0) is 4.74 Å². The first-order valence-electron chi connectivity index (χ1n) is 8.75. The van der Waals surface area contributed by atoms with Gasteiger partial charge in [0.2, 0.25) is 0 Å². The normalized spacial score (nSPS) is 16.9. The monoisotopic (exact) mass is 372 g/mol. The Bertz CT molecular complexity index is 953. The maximum absolute atomic E-state index is 13.5. The van der Waals surface area contributed by atoms with E-state index in [1.54, 1.807) is 24.3 Å². The number of carbonyl (C=O) groups is 1. The second-order valence-corrected chi connectivity index (χ2v) is 6.37. The van der Waals surface area contributed by atoms with E-state index in [0.29, 0.717) is 24.4 Å². The van der Waals surface area contributed by atoms with Gasteiger partial charge < -0.3 is 10.1 Å². The highest BCUT2D eigenvalue weighted by Gasteiger charge is 2.22. The topological polar surface area (TPSA) is 68.5 Å². The molecule has 6 nitrogen and oxygen atoms in total. The predicted octanol–water partition coefficient (Wildman–Crippen LogP) is 3.24. The second kappa shape index (κ2) is 7.40. The maximum Gasteiger partial charge on any atom is 0.280 e. The SMILES string of the molecule is O=C(NC[C@H]1CCCO1)c1cnn2c(C(F)F)cc(-c3ccccc3)nc12. The molecule has 0 spiro atoms. The van der Waals surface area contributed by atoms with E-state index in [9.17, 15) is 13.6 Å². The van der Waals surface area contributed by atoms with Crippen molar-refractivity contribution in [2.24, 2.45) is 0 Å². The number of hydrogen-bond acceptors (Lipinski definition) is 4. The van der Waals surface area contributed by atoms with Gasteiger partial charge in [-0.3, -0.25) is 4.79 Å². The summed E-state index contributed by atoms with van der Waals surface area (Å²) in [6.07, 6.45) is 0.368. The van der Waals surface area contributed by atoms with Crippen LogP contribution in [0.4, 0.5) is 8.78 Å². The molecule has 0 unspecified atom stereocenters. The molecule has 27 heavy (non-hydrogen) atoms. The summed E-state index contributed by atoms with van der Waals surface area (Å²) in [5, 5.41) is 6.74. The molecule has 1 fully saturated rings. The third kappa shape index (κ3) is 3.52. The maximum atomic E-state index is 13.5. The molecule has 3 heterocycles. The molecule has 4 rings (SSSR count). The van der Waals surface area contributed by atoms with E-state index < -0.39 is 12.3 Å². The number of ether oxygens (including phenoxy) is 1. The summed E-state index contributed by atoms with van der Waals surface area (Å²) in [6, 6.07) is 10.3. The molecule has 1 aromatic carbocycles. The second-order valence-electron chi connectivity index (χ2n) is 6.37. The molecule has 140 valence electrons. The Labute approximate surface area is 154 Å². The summed E-state index contributed by atoms with van der Waals surface area (Å²) < 4.78 is 33.6. The van der Waals surface area contributed by atoms with Crippen molar-refractivity contribution in [3.8, 4) is 11.3 Å². The molecule has 1 aliphatic heterocycles. The minimum atomic E-state index is -2.75. The lowest BCUT2D eigenvalue weighted by Gasteiger charge is -2.11. The zero-order valence-corrected chi connectivity index (χ0v) is 14.4. The standard InChI is InChI=1S/C19H18F2N4O2/c20-17(21)16-9-15(12-5-2-1-3-6-12)24-18-14(11-23-25(16)18)19(26)22-10-13-7-4-8-27-13/h1-3,5-6,9,11,13,17H,4,7-8,10H2,(H,22,26)/t13-/m1/s1. The molecule has 3 aromatic rings. The van der Waals surface area contributed by atoms with Gasteiger partial charge in [-0.05, 0) is 18.9 Å². The zero-order valence-electron chi connectivity index (χ0n) is 14.4. The van der Waals surface area contributed by atoms with Crippen molar-refractivity contribution in [1.29, 1.82) is 0 Å². The van der Waals surface area contributed by atoms with Gasteiger partial charge in [-0.15, -0.1) is 0 Å². The number of halogens is 2. The minimum Gasteiger partial charge on any atom is -0.376 e. The molecule has 8 heteroatoms.